The molecule has 0 N–H and O–H groups in total. The Hall–Kier alpha value is -0.830. The molecule has 0 bridgehead atoms. The molecule has 1 fully saturated rings. The van der Waals surface area contributed by atoms with Crippen molar-refractivity contribution in [1.29, 1.82) is 0 Å². The first kappa shape index (κ1) is 10.7. The standard InChI is InChI=1S/C12H16O2S/c1-2-9-15(13,14)12-7-5-11(6-8-12)10-3-4-10/h5-8,10H,2-4,9H2,1H3. The Morgan fingerprint density at radius 1 is 1.20 bits per heavy atom. The van der Waals surface area contributed by atoms with Gasteiger partial charge >= 0.3 is 0 Å². The van der Waals surface area contributed by atoms with E-state index in [1.54, 1.807) is 12.1 Å². The van der Waals surface area contributed by atoms with E-state index < -0.39 is 9.84 Å². The van der Waals surface area contributed by atoms with Crippen LogP contribution in [0.25, 0.3) is 0 Å². The smallest absolute Gasteiger partial charge is 0.178 e. The Morgan fingerprint density at radius 2 is 1.80 bits per heavy atom. The van der Waals surface area contributed by atoms with Gasteiger partial charge in [0, 0.05) is 0 Å². The molecule has 0 atom stereocenters. The van der Waals surface area contributed by atoms with Crippen molar-refractivity contribution in [1.82, 2.24) is 0 Å². The number of rotatable bonds is 4. The summed E-state index contributed by atoms with van der Waals surface area (Å²) in [5, 5.41) is 0. The van der Waals surface area contributed by atoms with Crippen LogP contribution in [0.3, 0.4) is 0 Å². The molecule has 2 nitrogen and oxygen atoms in total. The highest BCUT2D eigenvalue weighted by molar-refractivity contribution is 7.91. The molecule has 1 aromatic carbocycles. The van der Waals surface area contributed by atoms with E-state index >= 15 is 0 Å². The fraction of sp³-hybridized carbons (Fsp3) is 0.500. The minimum Gasteiger partial charge on any atom is -0.224 e. The largest absolute Gasteiger partial charge is 0.224 e. The molecule has 15 heavy (non-hydrogen) atoms. The first-order valence-electron chi connectivity index (χ1n) is 5.46. The molecule has 0 unspecified atom stereocenters. The zero-order valence-corrected chi connectivity index (χ0v) is 9.76. The number of benzene rings is 1. The van der Waals surface area contributed by atoms with E-state index in [1.807, 2.05) is 19.1 Å². The van der Waals surface area contributed by atoms with Gasteiger partial charge in [0.05, 0.1) is 10.6 Å². The van der Waals surface area contributed by atoms with Gasteiger partial charge in [0.25, 0.3) is 0 Å². The molecule has 1 saturated carbocycles. The molecule has 0 radical (unpaired) electrons. The van der Waals surface area contributed by atoms with E-state index in [4.69, 9.17) is 0 Å². The fourth-order valence-corrected chi connectivity index (χ4v) is 3.07. The summed E-state index contributed by atoms with van der Waals surface area (Å²) in [6.07, 6.45) is 3.18. The number of hydrogen-bond acceptors (Lipinski definition) is 2. The summed E-state index contributed by atoms with van der Waals surface area (Å²) in [5.41, 5.74) is 1.28. The monoisotopic (exact) mass is 224 g/mol. The van der Waals surface area contributed by atoms with Crippen LogP contribution in [0.1, 0.15) is 37.7 Å². The molecule has 3 heteroatoms. The van der Waals surface area contributed by atoms with Crippen LogP contribution in [0.2, 0.25) is 0 Å². The van der Waals surface area contributed by atoms with Gasteiger partial charge in [-0.3, -0.25) is 0 Å². The Bertz CT molecular complexity index is 427. The normalized spacial score (nSPS) is 16.6. The van der Waals surface area contributed by atoms with Crippen molar-refractivity contribution in [2.75, 3.05) is 5.75 Å². The Labute approximate surface area is 91.2 Å². The van der Waals surface area contributed by atoms with Crippen molar-refractivity contribution in [2.24, 2.45) is 0 Å². The Morgan fingerprint density at radius 3 is 2.27 bits per heavy atom. The molecular formula is C12H16O2S. The van der Waals surface area contributed by atoms with E-state index in [9.17, 15) is 8.42 Å². The molecule has 0 saturated heterocycles. The van der Waals surface area contributed by atoms with Gasteiger partial charge in [0.2, 0.25) is 0 Å². The molecular weight excluding hydrogens is 208 g/mol. The summed E-state index contributed by atoms with van der Waals surface area (Å²) in [7, 11) is -3.03. The SMILES string of the molecule is CCCS(=O)(=O)c1ccc(C2CC2)cc1. The third-order valence-electron chi connectivity index (χ3n) is 2.76. The van der Waals surface area contributed by atoms with Crippen LogP contribution >= 0.6 is 0 Å². The van der Waals surface area contributed by atoms with Gasteiger partial charge in [0.15, 0.2) is 9.84 Å². The van der Waals surface area contributed by atoms with E-state index in [0.717, 1.165) is 0 Å². The molecule has 1 aromatic rings. The summed E-state index contributed by atoms with van der Waals surface area (Å²) < 4.78 is 23.5. The summed E-state index contributed by atoms with van der Waals surface area (Å²) in [6, 6.07) is 7.41. The van der Waals surface area contributed by atoms with Crippen molar-refractivity contribution in [3.05, 3.63) is 29.8 Å². The zero-order chi connectivity index (χ0) is 10.9. The maximum Gasteiger partial charge on any atom is 0.178 e. The van der Waals surface area contributed by atoms with E-state index in [-0.39, 0.29) is 5.75 Å². The van der Waals surface area contributed by atoms with Crippen molar-refractivity contribution >= 4 is 9.84 Å². The molecule has 1 aliphatic rings. The van der Waals surface area contributed by atoms with Gasteiger partial charge in [-0.05, 0) is 42.9 Å². The third kappa shape index (κ3) is 2.40. The van der Waals surface area contributed by atoms with Crippen molar-refractivity contribution in [2.45, 2.75) is 37.0 Å². The minimum atomic E-state index is -3.03. The van der Waals surface area contributed by atoms with Gasteiger partial charge < -0.3 is 0 Å². The van der Waals surface area contributed by atoms with Gasteiger partial charge in [0.1, 0.15) is 0 Å². The minimum absolute atomic E-state index is 0.246. The molecule has 0 heterocycles. The van der Waals surface area contributed by atoms with E-state index in [1.165, 1.54) is 18.4 Å². The summed E-state index contributed by atoms with van der Waals surface area (Å²) in [6.45, 7) is 1.89. The second-order valence-corrected chi connectivity index (χ2v) is 6.27. The highest BCUT2D eigenvalue weighted by atomic mass is 32.2. The van der Waals surface area contributed by atoms with Crippen LogP contribution in [0, 0.1) is 0 Å². The lowest BCUT2D eigenvalue weighted by molar-refractivity contribution is 0.594. The van der Waals surface area contributed by atoms with E-state index in [2.05, 4.69) is 0 Å². The maximum atomic E-state index is 11.7. The quantitative estimate of drug-likeness (QED) is 0.788. The van der Waals surface area contributed by atoms with Crippen molar-refractivity contribution < 1.29 is 8.42 Å². The molecule has 1 aliphatic carbocycles. The van der Waals surface area contributed by atoms with Crippen LogP contribution < -0.4 is 0 Å². The fourth-order valence-electron chi connectivity index (χ4n) is 1.75. The molecule has 2 rings (SSSR count). The van der Waals surface area contributed by atoms with Crippen LogP contribution in [0.4, 0.5) is 0 Å². The van der Waals surface area contributed by atoms with Crippen molar-refractivity contribution in [3.8, 4) is 0 Å². The Balaban J connectivity index is 2.22. The lowest BCUT2D eigenvalue weighted by atomic mass is 10.1. The number of hydrogen-bond donors (Lipinski definition) is 0. The molecule has 0 spiro atoms. The van der Waals surface area contributed by atoms with Gasteiger partial charge in [-0.25, -0.2) is 8.42 Å². The topological polar surface area (TPSA) is 34.1 Å². The first-order chi connectivity index (χ1) is 7.13. The van der Waals surface area contributed by atoms with Crippen LogP contribution in [0.15, 0.2) is 29.2 Å². The van der Waals surface area contributed by atoms with E-state index in [0.29, 0.717) is 17.2 Å². The third-order valence-corrected chi connectivity index (χ3v) is 4.70. The van der Waals surface area contributed by atoms with Crippen LogP contribution in [-0.4, -0.2) is 14.2 Å². The first-order valence-corrected chi connectivity index (χ1v) is 7.11. The highest BCUT2D eigenvalue weighted by Gasteiger charge is 2.23. The molecule has 0 aromatic heterocycles. The Kier molecular flexibility index (Phi) is 2.83. The van der Waals surface area contributed by atoms with Gasteiger partial charge in [-0.1, -0.05) is 19.1 Å². The predicted molar refractivity (Wildman–Crippen MR) is 60.8 cm³/mol. The average Bonchev–Trinajstić information content (AvgIpc) is 3.01. The van der Waals surface area contributed by atoms with Gasteiger partial charge in [-0.2, -0.15) is 0 Å². The average molecular weight is 224 g/mol. The predicted octanol–water partition coefficient (Wildman–Crippen LogP) is 2.75. The van der Waals surface area contributed by atoms with Crippen molar-refractivity contribution in [3.63, 3.8) is 0 Å². The number of sulfone groups is 1. The summed E-state index contributed by atoms with van der Waals surface area (Å²) >= 11 is 0. The molecule has 0 amide bonds. The van der Waals surface area contributed by atoms with Gasteiger partial charge in [-0.15, -0.1) is 0 Å². The molecule has 0 aliphatic heterocycles. The molecule has 82 valence electrons. The zero-order valence-electron chi connectivity index (χ0n) is 8.94. The second kappa shape index (κ2) is 3.97. The van der Waals surface area contributed by atoms with Crippen LogP contribution in [0.5, 0.6) is 0 Å². The lowest BCUT2D eigenvalue weighted by Crippen LogP contribution is -2.05. The maximum absolute atomic E-state index is 11.7. The highest BCUT2D eigenvalue weighted by Crippen LogP contribution is 2.40. The second-order valence-electron chi connectivity index (χ2n) is 4.16. The lowest BCUT2D eigenvalue weighted by Gasteiger charge is -2.03. The summed E-state index contributed by atoms with van der Waals surface area (Å²) in [4.78, 5) is 0.466. The summed E-state index contributed by atoms with van der Waals surface area (Å²) in [5.74, 6) is 0.934. The van der Waals surface area contributed by atoms with Crippen LogP contribution in [-0.2, 0) is 9.84 Å².